The second-order valence-electron chi connectivity index (χ2n) is 10.3. The highest BCUT2D eigenvalue weighted by Gasteiger charge is 2.66. The van der Waals surface area contributed by atoms with Gasteiger partial charge >= 0.3 is 5.97 Å². The van der Waals surface area contributed by atoms with Gasteiger partial charge in [-0.05, 0) is 81.5 Å². The number of aliphatic hydroxyl groups is 2. The summed E-state index contributed by atoms with van der Waals surface area (Å²) >= 11 is 0. The highest BCUT2D eigenvalue weighted by atomic mass is 16.5. The second kappa shape index (κ2) is 6.32. The third-order valence-electron chi connectivity index (χ3n) is 9.56. The van der Waals surface area contributed by atoms with Crippen LogP contribution in [-0.4, -0.2) is 35.0 Å². The number of rotatable bonds is 2. The number of fused-ring (bicyclic) bond motifs is 5. The first-order valence-corrected chi connectivity index (χ1v) is 10.8. The van der Waals surface area contributed by atoms with Crippen molar-refractivity contribution in [3.05, 3.63) is 11.6 Å². The van der Waals surface area contributed by atoms with Crippen molar-refractivity contribution in [1.82, 2.24) is 0 Å². The zero-order valence-corrected chi connectivity index (χ0v) is 17.3. The molecule has 0 amide bonds. The SMILES string of the molecule is COC(=O)[C@H](C)[C@]1(O)CC[C@H]2[C@@H]3CC=C4C[C@@H](O)CC[C@]4(C)[C@H]3CC[C@@]21C. The van der Waals surface area contributed by atoms with Gasteiger partial charge in [-0.3, -0.25) is 4.79 Å². The molecule has 0 heterocycles. The lowest BCUT2D eigenvalue weighted by Crippen LogP contribution is -2.57. The molecular formula is C23H36O4. The first kappa shape index (κ1) is 19.4. The Bertz CT molecular complexity index is 657. The number of carbonyl (C=O) groups excluding carboxylic acids is 1. The van der Waals surface area contributed by atoms with Crippen LogP contribution in [0, 0.1) is 34.5 Å². The molecule has 4 nitrogen and oxygen atoms in total. The number of allylic oxidation sites excluding steroid dienone is 1. The highest BCUT2D eigenvalue weighted by Crippen LogP contribution is 2.68. The van der Waals surface area contributed by atoms with E-state index in [1.165, 1.54) is 12.7 Å². The first-order valence-electron chi connectivity index (χ1n) is 10.8. The summed E-state index contributed by atoms with van der Waals surface area (Å²) in [6.07, 6.45) is 9.89. The van der Waals surface area contributed by atoms with E-state index in [4.69, 9.17) is 4.74 Å². The molecule has 0 saturated heterocycles. The third-order valence-corrected chi connectivity index (χ3v) is 9.56. The fraction of sp³-hybridized carbons (Fsp3) is 0.870. The molecule has 0 spiro atoms. The summed E-state index contributed by atoms with van der Waals surface area (Å²) in [6.45, 7) is 6.49. The van der Waals surface area contributed by atoms with Gasteiger partial charge in [-0.2, -0.15) is 0 Å². The first-order chi connectivity index (χ1) is 12.7. The van der Waals surface area contributed by atoms with Crippen molar-refractivity contribution in [2.75, 3.05) is 7.11 Å². The van der Waals surface area contributed by atoms with E-state index in [0.29, 0.717) is 24.2 Å². The number of aliphatic hydroxyl groups excluding tert-OH is 1. The molecular weight excluding hydrogens is 340 g/mol. The highest BCUT2D eigenvalue weighted by molar-refractivity contribution is 5.73. The van der Waals surface area contributed by atoms with E-state index in [1.54, 1.807) is 0 Å². The molecule has 2 N–H and O–H groups in total. The van der Waals surface area contributed by atoms with Crippen molar-refractivity contribution in [1.29, 1.82) is 0 Å². The Morgan fingerprint density at radius 3 is 2.59 bits per heavy atom. The van der Waals surface area contributed by atoms with Gasteiger partial charge in [0.05, 0.1) is 24.7 Å². The molecule has 3 fully saturated rings. The fourth-order valence-corrected chi connectivity index (χ4v) is 7.78. The molecule has 4 heteroatoms. The van der Waals surface area contributed by atoms with Gasteiger partial charge < -0.3 is 14.9 Å². The van der Waals surface area contributed by atoms with E-state index < -0.39 is 11.5 Å². The number of methoxy groups -OCH3 is 1. The van der Waals surface area contributed by atoms with Crippen LogP contribution in [0.4, 0.5) is 0 Å². The van der Waals surface area contributed by atoms with Gasteiger partial charge in [-0.1, -0.05) is 25.5 Å². The molecule has 4 aliphatic carbocycles. The standard InChI is InChI=1S/C23H36O4/c1-14(20(25)27-4)23(26)12-9-19-17-6-5-15-13-16(24)7-10-21(15,2)18(17)8-11-22(19,23)3/h5,14,16-19,24,26H,6-13H2,1-4H3/t14-,16-,17+,18-,19-,21-,22-,23+/m0/s1. The molecule has 4 rings (SSSR count). The molecule has 0 aromatic carbocycles. The summed E-state index contributed by atoms with van der Waals surface area (Å²) in [5.74, 6) is 0.894. The van der Waals surface area contributed by atoms with Crippen molar-refractivity contribution in [3.63, 3.8) is 0 Å². The molecule has 4 aliphatic rings. The summed E-state index contributed by atoms with van der Waals surface area (Å²) in [5, 5.41) is 21.8. The van der Waals surface area contributed by atoms with Crippen LogP contribution in [0.15, 0.2) is 11.6 Å². The maximum Gasteiger partial charge on any atom is 0.311 e. The molecule has 0 aromatic rings. The maximum absolute atomic E-state index is 12.3. The molecule has 0 bridgehead atoms. The summed E-state index contributed by atoms with van der Waals surface area (Å²) in [6, 6.07) is 0. The van der Waals surface area contributed by atoms with Gasteiger partial charge in [-0.25, -0.2) is 0 Å². The molecule has 27 heavy (non-hydrogen) atoms. The lowest BCUT2D eigenvalue weighted by molar-refractivity contribution is -0.177. The van der Waals surface area contributed by atoms with Gasteiger partial charge in [0.15, 0.2) is 0 Å². The monoisotopic (exact) mass is 376 g/mol. The van der Waals surface area contributed by atoms with E-state index in [2.05, 4.69) is 19.9 Å². The molecule has 8 atom stereocenters. The second-order valence-corrected chi connectivity index (χ2v) is 10.3. The fourth-order valence-electron chi connectivity index (χ4n) is 7.78. The molecule has 152 valence electrons. The van der Waals surface area contributed by atoms with Gasteiger partial charge in [0.25, 0.3) is 0 Å². The van der Waals surface area contributed by atoms with Crippen molar-refractivity contribution >= 4 is 5.97 Å². The minimum atomic E-state index is -0.969. The summed E-state index contributed by atoms with van der Waals surface area (Å²) in [7, 11) is 1.42. The molecule has 0 aliphatic heterocycles. The number of esters is 1. The minimum absolute atomic E-state index is 0.174. The molecule has 3 saturated carbocycles. The molecule has 0 aromatic heterocycles. The number of carbonyl (C=O) groups is 1. The van der Waals surface area contributed by atoms with Crippen molar-refractivity contribution < 1.29 is 19.7 Å². The lowest BCUT2D eigenvalue weighted by atomic mass is 9.46. The minimum Gasteiger partial charge on any atom is -0.469 e. The van der Waals surface area contributed by atoms with Crippen LogP contribution in [-0.2, 0) is 9.53 Å². The van der Waals surface area contributed by atoms with Gasteiger partial charge in [0.2, 0.25) is 0 Å². The zero-order chi connectivity index (χ0) is 19.6. The third kappa shape index (κ3) is 2.51. The van der Waals surface area contributed by atoms with Crippen LogP contribution < -0.4 is 0 Å². The zero-order valence-electron chi connectivity index (χ0n) is 17.3. The van der Waals surface area contributed by atoms with Crippen LogP contribution in [0.1, 0.15) is 72.1 Å². The lowest BCUT2D eigenvalue weighted by Gasteiger charge is -2.59. The topological polar surface area (TPSA) is 66.8 Å². The molecule has 0 unspecified atom stereocenters. The number of hydrogen-bond donors (Lipinski definition) is 2. The Morgan fingerprint density at radius 1 is 1.19 bits per heavy atom. The van der Waals surface area contributed by atoms with Crippen molar-refractivity contribution in [2.45, 2.75) is 83.8 Å². The average molecular weight is 377 g/mol. The van der Waals surface area contributed by atoms with E-state index in [0.717, 1.165) is 44.9 Å². The van der Waals surface area contributed by atoms with Crippen molar-refractivity contribution in [2.24, 2.45) is 34.5 Å². The quantitative estimate of drug-likeness (QED) is 0.567. The average Bonchev–Trinajstić information content (AvgIpc) is 2.93. The van der Waals surface area contributed by atoms with Crippen LogP contribution in [0.25, 0.3) is 0 Å². The van der Waals surface area contributed by atoms with E-state index in [1.807, 2.05) is 6.92 Å². The van der Waals surface area contributed by atoms with Crippen molar-refractivity contribution in [3.8, 4) is 0 Å². The Morgan fingerprint density at radius 2 is 1.89 bits per heavy atom. The van der Waals surface area contributed by atoms with Crippen LogP contribution >= 0.6 is 0 Å². The normalized spacial score (nSPS) is 50.1. The number of hydrogen-bond acceptors (Lipinski definition) is 4. The molecule has 0 radical (unpaired) electrons. The van der Waals surface area contributed by atoms with Crippen LogP contribution in [0.2, 0.25) is 0 Å². The van der Waals surface area contributed by atoms with Gasteiger partial charge in [0.1, 0.15) is 0 Å². The Balaban J connectivity index is 1.65. The van der Waals surface area contributed by atoms with E-state index >= 15 is 0 Å². The van der Waals surface area contributed by atoms with Crippen LogP contribution in [0.3, 0.4) is 0 Å². The number of ether oxygens (including phenoxy) is 1. The van der Waals surface area contributed by atoms with Gasteiger partial charge in [0, 0.05) is 5.41 Å². The largest absolute Gasteiger partial charge is 0.469 e. The van der Waals surface area contributed by atoms with Gasteiger partial charge in [-0.15, -0.1) is 0 Å². The Hall–Kier alpha value is -0.870. The summed E-state index contributed by atoms with van der Waals surface area (Å²) in [4.78, 5) is 12.3. The summed E-state index contributed by atoms with van der Waals surface area (Å²) < 4.78 is 4.99. The smallest absolute Gasteiger partial charge is 0.311 e. The van der Waals surface area contributed by atoms with E-state index in [-0.39, 0.29) is 22.9 Å². The predicted octanol–water partition coefficient (Wildman–Crippen LogP) is 3.85. The Labute approximate surface area is 163 Å². The predicted molar refractivity (Wildman–Crippen MR) is 104 cm³/mol. The van der Waals surface area contributed by atoms with Crippen LogP contribution in [0.5, 0.6) is 0 Å². The Kier molecular flexibility index (Phi) is 4.55. The maximum atomic E-state index is 12.3. The van der Waals surface area contributed by atoms with E-state index in [9.17, 15) is 15.0 Å². The summed E-state index contributed by atoms with van der Waals surface area (Å²) in [5.41, 5.74) is 0.487.